The summed E-state index contributed by atoms with van der Waals surface area (Å²) in [6.45, 7) is 1.98. The van der Waals surface area contributed by atoms with Crippen LogP contribution in [0.25, 0.3) is 0 Å². The van der Waals surface area contributed by atoms with Crippen molar-refractivity contribution in [3.63, 3.8) is 0 Å². The first kappa shape index (κ1) is 21.8. The fourth-order valence-corrected chi connectivity index (χ4v) is 4.41. The molecule has 10 atom stereocenters. The van der Waals surface area contributed by atoms with Gasteiger partial charge in [0.1, 0.15) is 18.3 Å². The summed E-state index contributed by atoms with van der Waals surface area (Å²) in [5, 5.41) is 41.2. The molecule has 3 fully saturated rings. The maximum Gasteiger partial charge on any atom is 0.239 e. The largest absolute Gasteiger partial charge is 0.390 e. The lowest BCUT2D eigenvalue weighted by molar-refractivity contribution is -0.449. The third kappa shape index (κ3) is 3.66. The first-order chi connectivity index (χ1) is 13.3. The number of hydrogen-bond donors (Lipinski definition) is 7. The average molecular weight is 404 g/mol. The topological polar surface area (TPSA) is 168 Å². The molecule has 11 nitrogen and oxygen atoms in total. The number of hydrogen-bond acceptors (Lipinski definition) is 10. The van der Waals surface area contributed by atoms with Crippen molar-refractivity contribution in [1.29, 1.82) is 0 Å². The van der Waals surface area contributed by atoms with Crippen LogP contribution in [-0.4, -0.2) is 103 Å². The van der Waals surface area contributed by atoms with Gasteiger partial charge < -0.3 is 51.2 Å². The standard InChI is InChI=1S/C17H32N4O7/c1-7-6-8(21-9(22)4-5-18)17(25)16(26-7)27-15-13(24)10(19-2)12(23)11(20-3)14(15)28-17/h7-8,10-16,19-20,23-25H,4-6,18H2,1-3H3,(H,21,22)/t7-,8-,10-,11+,12+,13-,14?,15?,16?,17+/m1/s1. The summed E-state index contributed by atoms with van der Waals surface area (Å²) in [6, 6.07) is -2.08. The van der Waals surface area contributed by atoms with Gasteiger partial charge in [-0.15, -0.1) is 0 Å². The molecule has 162 valence electrons. The molecule has 2 heterocycles. The van der Waals surface area contributed by atoms with Crippen molar-refractivity contribution < 1.29 is 34.3 Å². The number of aliphatic hydroxyl groups excluding tert-OH is 2. The van der Waals surface area contributed by atoms with Gasteiger partial charge in [-0.2, -0.15) is 0 Å². The number of ether oxygens (including phenoxy) is 3. The SMILES string of the molecule is CN[C@@H]1[C@H](O)[C@H](NC)C2O[C@]3(O)C(OC2[C@@H]1O)O[C@H](C)C[C@H]3NC(=O)CCN. The second-order valence-electron chi connectivity index (χ2n) is 7.72. The molecule has 3 aliphatic rings. The van der Waals surface area contributed by atoms with Crippen molar-refractivity contribution in [3.05, 3.63) is 0 Å². The van der Waals surface area contributed by atoms with Crippen LogP contribution in [-0.2, 0) is 19.0 Å². The molecule has 3 unspecified atom stereocenters. The average Bonchev–Trinajstić information content (AvgIpc) is 2.63. The minimum absolute atomic E-state index is 0.111. The predicted molar refractivity (Wildman–Crippen MR) is 97.0 cm³/mol. The molecule has 8 N–H and O–H groups in total. The van der Waals surface area contributed by atoms with Gasteiger partial charge in [0.2, 0.25) is 18.0 Å². The predicted octanol–water partition coefficient (Wildman–Crippen LogP) is -3.66. The van der Waals surface area contributed by atoms with Crippen LogP contribution in [0.5, 0.6) is 0 Å². The van der Waals surface area contributed by atoms with Gasteiger partial charge in [0.05, 0.1) is 30.3 Å². The molecule has 0 aromatic heterocycles. The molecule has 11 heteroatoms. The molecule has 3 rings (SSSR count). The third-order valence-electron chi connectivity index (χ3n) is 5.86. The van der Waals surface area contributed by atoms with E-state index in [0.717, 1.165) is 0 Å². The number of aliphatic hydroxyl groups is 3. The van der Waals surface area contributed by atoms with Crippen LogP contribution in [0.15, 0.2) is 0 Å². The van der Waals surface area contributed by atoms with Gasteiger partial charge in [-0.05, 0) is 27.4 Å². The fraction of sp³-hybridized carbons (Fsp3) is 0.941. The van der Waals surface area contributed by atoms with Crippen molar-refractivity contribution >= 4 is 5.91 Å². The van der Waals surface area contributed by atoms with Gasteiger partial charge in [-0.25, -0.2) is 0 Å². The normalized spacial score (nSPS) is 48.5. The van der Waals surface area contributed by atoms with E-state index in [0.29, 0.717) is 6.42 Å². The smallest absolute Gasteiger partial charge is 0.239 e. The van der Waals surface area contributed by atoms with Crippen LogP contribution in [0.1, 0.15) is 19.8 Å². The minimum Gasteiger partial charge on any atom is -0.390 e. The van der Waals surface area contributed by atoms with Crippen molar-refractivity contribution in [2.75, 3.05) is 20.6 Å². The first-order valence-electron chi connectivity index (χ1n) is 9.68. The summed E-state index contributed by atoms with van der Waals surface area (Å²) in [6.07, 6.45) is -4.92. The zero-order valence-corrected chi connectivity index (χ0v) is 16.4. The van der Waals surface area contributed by atoms with Crippen LogP contribution in [0.4, 0.5) is 0 Å². The van der Waals surface area contributed by atoms with E-state index in [4.69, 9.17) is 19.9 Å². The van der Waals surface area contributed by atoms with Crippen molar-refractivity contribution in [1.82, 2.24) is 16.0 Å². The molecular weight excluding hydrogens is 372 g/mol. The molecule has 1 saturated carbocycles. The van der Waals surface area contributed by atoms with E-state index in [1.165, 1.54) is 0 Å². The first-order valence-corrected chi connectivity index (χ1v) is 9.68. The summed E-state index contributed by atoms with van der Waals surface area (Å²) < 4.78 is 17.7. The van der Waals surface area contributed by atoms with Crippen LogP contribution >= 0.6 is 0 Å². The highest BCUT2D eigenvalue weighted by atomic mass is 16.8. The van der Waals surface area contributed by atoms with E-state index in [1.807, 2.05) is 0 Å². The third-order valence-corrected chi connectivity index (χ3v) is 5.86. The van der Waals surface area contributed by atoms with Gasteiger partial charge in [0, 0.05) is 13.0 Å². The lowest BCUT2D eigenvalue weighted by Crippen LogP contribution is -2.79. The minimum atomic E-state index is -1.97. The highest BCUT2D eigenvalue weighted by Crippen LogP contribution is 2.41. The van der Waals surface area contributed by atoms with Gasteiger partial charge in [-0.3, -0.25) is 4.79 Å². The summed E-state index contributed by atoms with van der Waals surface area (Å²) in [7, 11) is 3.28. The number of nitrogens with one attached hydrogen (secondary N) is 3. The molecule has 1 aliphatic carbocycles. The van der Waals surface area contributed by atoms with E-state index in [9.17, 15) is 20.1 Å². The van der Waals surface area contributed by atoms with Gasteiger partial charge in [0.15, 0.2) is 0 Å². The molecule has 0 radical (unpaired) electrons. The van der Waals surface area contributed by atoms with Gasteiger partial charge in [0.25, 0.3) is 0 Å². The Bertz CT molecular complexity index is 570. The lowest BCUT2D eigenvalue weighted by atomic mass is 9.79. The van der Waals surface area contributed by atoms with Crippen LogP contribution in [0.3, 0.4) is 0 Å². The number of likely N-dealkylation sites (N-methyl/N-ethyl adjacent to an activating group) is 2. The molecule has 2 saturated heterocycles. The van der Waals surface area contributed by atoms with E-state index in [2.05, 4.69) is 16.0 Å². The van der Waals surface area contributed by atoms with Gasteiger partial charge >= 0.3 is 0 Å². The summed E-state index contributed by atoms with van der Waals surface area (Å²) >= 11 is 0. The van der Waals surface area contributed by atoms with Crippen LogP contribution < -0.4 is 21.7 Å². The van der Waals surface area contributed by atoms with Gasteiger partial charge in [-0.1, -0.05) is 0 Å². The number of rotatable bonds is 5. The zero-order chi connectivity index (χ0) is 20.6. The fourth-order valence-electron chi connectivity index (χ4n) is 4.41. The lowest BCUT2D eigenvalue weighted by Gasteiger charge is -2.58. The Morgan fingerprint density at radius 1 is 1.14 bits per heavy atom. The molecule has 1 amide bonds. The van der Waals surface area contributed by atoms with Crippen LogP contribution in [0, 0.1) is 0 Å². The Hall–Kier alpha value is -0.890. The summed E-state index contributed by atoms with van der Waals surface area (Å²) in [4.78, 5) is 12.1. The Morgan fingerprint density at radius 3 is 2.43 bits per heavy atom. The van der Waals surface area contributed by atoms with Crippen LogP contribution in [0.2, 0.25) is 0 Å². The van der Waals surface area contributed by atoms with E-state index < -0.39 is 54.6 Å². The Balaban J connectivity index is 1.88. The summed E-state index contributed by atoms with van der Waals surface area (Å²) in [5.41, 5.74) is 5.43. The molecule has 28 heavy (non-hydrogen) atoms. The zero-order valence-electron chi connectivity index (χ0n) is 16.4. The Kier molecular flexibility index (Phi) is 6.59. The van der Waals surface area contributed by atoms with E-state index in [-0.39, 0.29) is 25.0 Å². The number of nitrogens with two attached hydrogens (primary N) is 1. The highest BCUT2D eigenvalue weighted by Gasteiger charge is 2.63. The number of carbonyl (C=O) groups excluding carboxylic acids is 1. The molecule has 0 bridgehead atoms. The van der Waals surface area contributed by atoms with Crippen molar-refractivity contribution in [2.24, 2.45) is 5.73 Å². The Labute approximate surface area is 163 Å². The van der Waals surface area contributed by atoms with E-state index >= 15 is 0 Å². The maximum absolute atomic E-state index is 12.1. The second kappa shape index (κ2) is 8.46. The quantitative estimate of drug-likeness (QED) is 0.243. The van der Waals surface area contributed by atoms with E-state index in [1.54, 1.807) is 21.0 Å². The molecule has 2 aliphatic heterocycles. The number of fused-ring (bicyclic) bond motifs is 2. The Morgan fingerprint density at radius 2 is 1.82 bits per heavy atom. The molecule has 0 aromatic carbocycles. The number of amides is 1. The second-order valence-corrected chi connectivity index (χ2v) is 7.72. The van der Waals surface area contributed by atoms with Crippen molar-refractivity contribution in [2.45, 2.75) is 80.5 Å². The monoisotopic (exact) mass is 404 g/mol. The molecular formula is C17H32N4O7. The number of carbonyl (C=O) groups is 1. The highest BCUT2D eigenvalue weighted by molar-refractivity contribution is 5.76. The maximum atomic E-state index is 12.1. The molecule has 0 spiro atoms. The summed E-state index contributed by atoms with van der Waals surface area (Å²) in [5.74, 6) is -2.29. The van der Waals surface area contributed by atoms with Crippen molar-refractivity contribution in [3.8, 4) is 0 Å². The molecule has 0 aromatic rings.